The molecule has 1 N–H and O–H groups in total. The Morgan fingerprint density at radius 1 is 0.957 bits per heavy atom. The SMILES string of the molecule is CSc1ccc(CSc2nc(Cc3ccccc3)c(C)[nH]2)cc1. The second-order valence-electron chi connectivity index (χ2n) is 5.41. The number of thioether (sulfide) groups is 2. The molecule has 0 saturated carbocycles. The van der Waals surface area contributed by atoms with Crippen molar-refractivity contribution in [1.82, 2.24) is 9.97 Å². The fraction of sp³-hybridized carbons (Fsp3) is 0.211. The summed E-state index contributed by atoms with van der Waals surface area (Å²) in [5.74, 6) is 0.937. The average Bonchev–Trinajstić information content (AvgIpc) is 2.94. The van der Waals surface area contributed by atoms with Crippen molar-refractivity contribution in [3.63, 3.8) is 0 Å². The first-order valence-corrected chi connectivity index (χ1v) is 9.81. The summed E-state index contributed by atoms with van der Waals surface area (Å²) in [6, 6.07) is 19.2. The molecule has 1 aromatic heterocycles. The van der Waals surface area contributed by atoms with Gasteiger partial charge in [0.25, 0.3) is 0 Å². The normalized spacial score (nSPS) is 10.9. The smallest absolute Gasteiger partial charge is 0.166 e. The van der Waals surface area contributed by atoms with Crippen LogP contribution in [-0.4, -0.2) is 16.2 Å². The summed E-state index contributed by atoms with van der Waals surface area (Å²) >= 11 is 3.53. The highest BCUT2D eigenvalue weighted by molar-refractivity contribution is 7.98. The molecule has 4 heteroatoms. The van der Waals surface area contributed by atoms with Crippen molar-refractivity contribution >= 4 is 23.5 Å². The van der Waals surface area contributed by atoms with Crippen molar-refractivity contribution in [3.05, 3.63) is 77.1 Å². The van der Waals surface area contributed by atoms with Gasteiger partial charge in [0.2, 0.25) is 0 Å². The third-order valence-electron chi connectivity index (χ3n) is 3.71. The van der Waals surface area contributed by atoms with Crippen LogP contribution in [0.1, 0.15) is 22.5 Å². The molecule has 0 aliphatic rings. The lowest BCUT2D eigenvalue weighted by Crippen LogP contribution is -1.90. The fourth-order valence-electron chi connectivity index (χ4n) is 2.37. The molecule has 2 nitrogen and oxygen atoms in total. The second kappa shape index (κ2) is 7.75. The molecule has 3 rings (SSSR count). The number of nitrogens with one attached hydrogen (secondary N) is 1. The Bertz CT molecular complexity index is 749. The lowest BCUT2D eigenvalue weighted by Gasteiger charge is -2.01. The van der Waals surface area contributed by atoms with E-state index in [1.807, 2.05) is 6.07 Å². The maximum absolute atomic E-state index is 4.76. The van der Waals surface area contributed by atoms with Gasteiger partial charge in [-0.15, -0.1) is 11.8 Å². The Hall–Kier alpha value is -1.65. The van der Waals surface area contributed by atoms with Crippen molar-refractivity contribution in [3.8, 4) is 0 Å². The largest absolute Gasteiger partial charge is 0.337 e. The molecule has 0 atom stereocenters. The van der Waals surface area contributed by atoms with Gasteiger partial charge in [0.15, 0.2) is 5.16 Å². The zero-order valence-corrected chi connectivity index (χ0v) is 15.0. The number of hydrogen-bond acceptors (Lipinski definition) is 3. The van der Waals surface area contributed by atoms with E-state index in [1.165, 1.54) is 16.0 Å². The highest BCUT2D eigenvalue weighted by atomic mass is 32.2. The van der Waals surface area contributed by atoms with Crippen LogP contribution in [0.2, 0.25) is 0 Å². The lowest BCUT2D eigenvalue weighted by molar-refractivity contribution is 1.01. The molecule has 0 aliphatic heterocycles. The highest BCUT2D eigenvalue weighted by Crippen LogP contribution is 2.24. The molecule has 0 fully saturated rings. The van der Waals surface area contributed by atoms with E-state index in [2.05, 4.69) is 66.7 Å². The molecular weight excluding hydrogens is 320 g/mol. The Morgan fingerprint density at radius 3 is 2.39 bits per heavy atom. The third-order valence-corrected chi connectivity index (χ3v) is 5.40. The predicted molar refractivity (Wildman–Crippen MR) is 100 cm³/mol. The topological polar surface area (TPSA) is 28.7 Å². The maximum atomic E-state index is 4.76. The molecule has 0 aliphatic carbocycles. The standard InChI is InChI=1S/C19H20N2S2/c1-14-18(12-15-6-4-3-5-7-15)21-19(20-14)23-13-16-8-10-17(22-2)11-9-16/h3-11H,12-13H2,1-2H3,(H,20,21). The van der Waals surface area contributed by atoms with E-state index >= 15 is 0 Å². The summed E-state index contributed by atoms with van der Waals surface area (Å²) in [5.41, 5.74) is 4.92. The van der Waals surface area contributed by atoms with Crippen molar-refractivity contribution in [2.24, 2.45) is 0 Å². The van der Waals surface area contributed by atoms with Gasteiger partial charge < -0.3 is 4.98 Å². The van der Waals surface area contributed by atoms with E-state index in [1.54, 1.807) is 23.5 Å². The number of aromatic nitrogens is 2. The molecule has 23 heavy (non-hydrogen) atoms. The van der Waals surface area contributed by atoms with Gasteiger partial charge >= 0.3 is 0 Å². The van der Waals surface area contributed by atoms with Crippen molar-refractivity contribution in [2.75, 3.05) is 6.26 Å². The maximum Gasteiger partial charge on any atom is 0.166 e. The van der Waals surface area contributed by atoms with Gasteiger partial charge in [0, 0.05) is 22.8 Å². The fourth-order valence-corrected chi connectivity index (χ4v) is 3.67. The average molecular weight is 341 g/mol. The number of rotatable bonds is 6. The van der Waals surface area contributed by atoms with Gasteiger partial charge in [0.1, 0.15) is 0 Å². The summed E-state index contributed by atoms with van der Waals surface area (Å²) in [7, 11) is 0. The summed E-state index contributed by atoms with van der Waals surface area (Å²) in [4.78, 5) is 9.47. The zero-order chi connectivity index (χ0) is 16.1. The van der Waals surface area contributed by atoms with Gasteiger partial charge in [-0.1, -0.05) is 54.2 Å². The molecule has 118 valence electrons. The summed E-state index contributed by atoms with van der Waals surface area (Å²) in [6.07, 6.45) is 2.98. The minimum Gasteiger partial charge on any atom is -0.337 e. The number of imidazole rings is 1. The summed E-state index contributed by atoms with van der Waals surface area (Å²) in [5, 5.41) is 1.00. The van der Waals surface area contributed by atoms with Crippen LogP contribution in [0.3, 0.4) is 0 Å². The van der Waals surface area contributed by atoms with Crippen LogP contribution in [0.15, 0.2) is 64.6 Å². The Labute approximate surface area is 146 Å². The predicted octanol–water partition coefficient (Wildman–Crippen LogP) is 5.32. The Morgan fingerprint density at radius 2 is 1.70 bits per heavy atom. The summed E-state index contributed by atoms with van der Waals surface area (Å²) in [6.45, 7) is 2.10. The first kappa shape index (κ1) is 16.2. The highest BCUT2D eigenvalue weighted by Gasteiger charge is 2.08. The molecular formula is C19H20N2S2. The van der Waals surface area contributed by atoms with Gasteiger partial charge in [-0.2, -0.15) is 0 Å². The number of benzene rings is 2. The zero-order valence-electron chi connectivity index (χ0n) is 13.4. The van der Waals surface area contributed by atoms with Gasteiger partial charge in [-0.25, -0.2) is 4.98 Å². The van der Waals surface area contributed by atoms with Gasteiger partial charge in [-0.3, -0.25) is 0 Å². The van der Waals surface area contributed by atoms with Crippen LogP contribution in [0.4, 0.5) is 0 Å². The van der Waals surface area contributed by atoms with E-state index in [0.717, 1.165) is 28.7 Å². The first-order valence-electron chi connectivity index (χ1n) is 7.60. The van der Waals surface area contributed by atoms with Crippen molar-refractivity contribution in [1.29, 1.82) is 0 Å². The van der Waals surface area contributed by atoms with E-state index in [-0.39, 0.29) is 0 Å². The van der Waals surface area contributed by atoms with Crippen LogP contribution in [0.25, 0.3) is 0 Å². The quantitative estimate of drug-likeness (QED) is 0.615. The molecule has 3 aromatic rings. The lowest BCUT2D eigenvalue weighted by atomic mass is 10.1. The number of aromatic amines is 1. The van der Waals surface area contributed by atoms with Crippen LogP contribution in [0, 0.1) is 6.92 Å². The van der Waals surface area contributed by atoms with Crippen LogP contribution < -0.4 is 0 Å². The number of nitrogens with zero attached hydrogens (tertiary/aromatic N) is 1. The molecule has 1 heterocycles. The van der Waals surface area contributed by atoms with Crippen LogP contribution >= 0.6 is 23.5 Å². The molecule has 0 amide bonds. The third kappa shape index (κ3) is 4.43. The second-order valence-corrected chi connectivity index (χ2v) is 7.26. The first-order chi connectivity index (χ1) is 11.2. The van der Waals surface area contributed by atoms with Crippen LogP contribution in [-0.2, 0) is 12.2 Å². The van der Waals surface area contributed by atoms with Crippen molar-refractivity contribution in [2.45, 2.75) is 29.1 Å². The van der Waals surface area contributed by atoms with Crippen LogP contribution in [0.5, 0.6) is 0 Å². The van der Waals surface area contributed by atoms with Crippen molar-refractivity contribution < 1.29 is 0 Å². The molecule has 0 saturated heterocycles. The number of aryl methyl sites for hydroxylation is 1. The Balaban J connectivity index is 1.63. The van der Waals surface area contributed by atoms with Gasteiger partial charge in [0.05, 0.1) is 5.69 Å². The summed E-state index contributed by atoms with van der Waals surface area (Å²) < 4.78 is 0. The molecule has 0 unspecified atom stereocenters. The minimum absolute atomic E-state index is 0.881. The van der Waals surface area contributed by atoms with E-state index in [9.17, 15) is 0 Å². The molecule has 0 radical (unpaired) electrons. The Kier molecular flexibility index (Phi) is 5.47. The number of hydrogen-bond donors (Lipinski definition) is 1. The monoisotopic (exact) mass is 340 g/mol. The van der Waals surface area contributed by atoms with E-state index in [0.29, 0.717) is 0 Å². The van der Waals surface area contributed by atoms with Gasteiger partial charge in [-0.05, 0) is 36.4 Å². The van der Waals surface area contributed by atoms with E-state index in [4.69, 9.17) is 4.98 Å². The molecule has 0 bridgehead atoms. The number of H-pyrrole nitrogens is 1. The molecule has 0 spiro atoms. The minimum atomic E-state index is 0.881. The van der Waals surface area contributed by atoms with E-state index < -0.39 is 0 Å². The molecule has 2 aromatic carbocycles.